The van der Waals surface area contributed by atoms with Crippen LogP contribution in [0.1, 0.15) is 17.1 Å². The summed E-state index contributed by atoms with van der Waals surface area (Å²) in [4.78, 5) is 29.2. The fourth-order valence-corrected chi connectivity index (χ4v) is 4.62. The van der Waals surface area contributed by atoms with Crippen LogP contribution in [-0.2, 0) is 16.1 Å². The van der Waals surface area contributed by atoms with Crippen LogP contribution in [0.25, 0.3) is 0 Å². The molecule has 2 aliphatic heterocycles. The number of carbonyl (C=O) groups is 2. The van der Waals surface area contributed by atoms with Crippen LogP contribution < -0.4 is 11.2 Å². The Morgan fingerprint density at radius 1 is 1.74 bits per heavy atom. The molecule has 0 aliphatic carbocycles. The average Bonchev–Trinajstić information content (AvgIpc) is 2.90. The molecule has 124 valence electrons. The zero-order valence-corrected chi connectivity index (χ0v) is 14.1. The maximum atomic E-state index is 11.8. The van der Waals surface area contributed by atoms with E-state index in [-0.39, 0.29) is 17.8 Å². The number of hydrogen-bond acceptors (Lipinski definition) is 8. The summed E-state index contributed by atoms with van der Waals surface area (Å²) in [5.41, 5.74) is 8.41. The lowest BCUT2D eigenvalue weighted by molar-refractivity contribution is -0.152. The van der Waals surface area contributed by atoms with Crippen LogP contribution in [-0.4, -0.2) is 50.4 Å². The van der Waals surface area contributed by atoms with E-state index < -0.39 is 16.8 Å². The molecule has 0 bridgehead atoms. The molecular weight excluding hydrogens is 338 g/mol. The van der Waals surface area contributed by atoms with Crippen molar-refractivity contribution in [2.24, 2.45) is 16.3 Å². The van der Waals surface area contributed by atoms with Crippen LogP contribution in [0, 0.1) is 12.3 Å². The largest absolute Gasteiger partial charge is 0.480 e. The first kappa shape index (κ1) is 16.2. The maximum Gasteiger partial charge on any atom is 0.319 e. The zero-order chi connectivity index (χ0) is 16.6. The lowest BCUT2D eigenvalue weighted by Crippen LogP contribution is -2.66. The molecule has 1 amide bonds. The van der Waals surface area contributed by atoms with E-state index in [1.165, 1.54) is 29.3 Å². The Morgan fingerprint density at radius 3 is 3.13 bits per heavy atom. The van der Waals surface area contributed by atoms with Crippen molar-refractivity contribution in [2.75, 3.05) is 6.54 Å². The molecular formula is C13H17N5O3S2. The predicted octanol–water partition coefficient (Wildman–Crippen LogP) is 0.188. The molecule has 2 unspecified atom stereocenters. The van der Waals surface area contributed by atoms with Crippen molar-refractivity contribution in [3.63, 3.8) is 0 Å². The Morgan fingerprint density at radius 2 is 2.52 bits per heavy atom. The van der Waals surface area contributed by atoms with Gasteiger partial charge in [-0.15, -0.1) is 23.1 Å². The number of β-lactam (4-membered cyclic amide) rings is 1. The first-order chi connectivity index (χ1) is 10.9. The number of nitrogens with two attached hydrogens (primary N) is 1. The number of rotatable bonds is 5. The highest BCUT2D eigenvalue weighted by molar-refractivity contribution is 8.00. The Balaban J connectivity index is 1.69. The van der Waals surface area contributed by atoms with E-state index in [2.05, 4.69) is 15.5 Å². The monoisotopic (exact) mass is 355 g/mol. The van der Waals surface area contributed by atoms with Gasteiger partial charge >= 0.3 is 5.97 Å². The maximum absolute atomic E-state index is 11.8. The number of carboxylic acids is 1. The van der Waals surface area contributed by atoms with Crippen molar-refractivity contribution in [1.29, 1.82) is 0 Å². The van der Waals surface area contributed by atoms with Crippen LogP contribution in [0.5, 0.6) is 0 Å². The van der Waals surface area contributed by atoms with Gasteiger partial charge in [0.05, 0.1) is 23.7 Å². The summed E-state index contributed by atoms with van der Waals surface area (Å²) in [7, 11) is 0. The first-order valence-electron chi connectivity index (χ1n) is 7.04. The number of hydrogen-bond donors (Lipinski definition) is 3. The van der Waals surface area contributed by atoms with Gasteiger partial charge in [-0.3, -0.25) is 9.59 Å². The summed E-state index contributed by atoms with van der Waals surface area (Å²) < 4.78 is 0. The van der Waals surface area contributed by atoms with Gasteiger partial charge in [-0.05, 0) is 6.92 Å². The third-order valence-corrected chi connectivity index (χ3v) is 6.36. The van der Waals surface area contributed by atoms with Crippen molar-refractivity contribution >= 4 is 41.2 Å². The van der Waals surface area contributed by atoms with Gasteiger partial charge in [-0.25, -0.2) is 4.98 Å². The van der Waals surface area contributed by atoms with Crippen LogP contribution in [0.3, 0.4) is 0 Å². The number of thioether (sulfide) groups is 1. The smallest absolute Gasteiger partial charge is 0.319 e. The number of aryl methyl sites for hydroxylation is 1. The lowest BCUT2D eigenvalue weighted by Gasteiger charge is -2.51. The molecule has 0 radical (unpaired) electrons. The number of aromatic nitrogens is 1. The second-order valence-electron chi connectivity index (χ2n) is 5.56. The molecule has 4 N–H and O–H groups in total. The number of hydrazone groups is 1. The standard InChI is InChI=1S/C13H17N5O3S2/c1-7-4-22-8(17-7)3-15-16-5-13(12(20)21)6-18-9(19)2-10(18)23-11(13)14/h4-5,10-11,15H,2-3,6,14H2,1H3,(H,20,21)/t10-,11?,13?/m1/s1. The molecule has 1 aromatic heterocycles. The molecule has 0 aromatic carbocycles. The van der Waals surface area contributed by atoms with E-state index >= 15 is 0 Å². The van der Waals surface area contributed by atoms with Crippen LogP contribution in [0.2, 0.25) is 0 Å². The highest BCUT2D eigenvalue weighted by Gasteiger charge is 2.55. The summed E-state index contributed by atoms with van der Waals surface area (Å²) >= 11 is 2.81. The number of fused-ring (bicyclic) bond motifs is 1. The number of thiazole rings is 1. The Kier molecular flexibility index (Phi) is 4.30. The molecule has 1 aromatic rings. The van der Waals surface area contributed by atoms with Gasteiger partial charge in [0.1, 0.15) is 10.4 Å². The van der Waals surface area contributed by atoms with Gasteiger partial charge in [0.25, 0.3) is 0 Å². The Hall–Kier alpha value is -1.65. The second kappa shape index (κ2) is 6.10. The molecule has 2 saturated heterocycles. The topological polar surface area (TPSA) is 121 Å². The fourth-order valence-electron chi connectivity index (χ4n) is 2.52. The van der Waals surface area contributed by atoms with Crippen molar-refractivity contribution in [3.8, 4) is 0 Å². The Labute approximate surface area is 141 Å². The summed E-state index contributed by atoms with van der Waals surface area (Å²) in [5, 5.41) is 15.8. The van der Waals surface area contributed by atoms with Crippen molar-refractivity contribution < 1.29 is 14.7 Å². The van der Waals surface area contributed by atoms with Gasteiger partial charge < -0.3 is 21.2 Å². The molecule has 8 nitrogen and oxygen atoms in total. The summed E-state index contributed by atoms with van der Waals surface area (Å²) in [6.07, 6.45) is 1.74. The molecule has 3 heterocycles. The third-order valence-electron chi connectivity index (χ3n) is 3.94. The number of nitrogens with zero attached hydrogens (tertiary/aromatic N) is 3. The normalized spacial score (nSPS) is 30.2. The SMILES string of the molecule is Cc1csc(CNN=CC2(C(=O)O)CN3C(=O)C[C@H]3SC2N)n1. The fraction of sp³-hybridized carbons (Fsp3) is 0.538. The summed E-state index contributed by atoms with van der Waals surface area (Å²) in [6.45, 7) is 2.38. The zero-order valence-electron chi connectivity index (χ0n) is 12.4. The van der Waals surface area contributed by atoms with Gasteiger partial charge in [0.2, 0.25) is 5.91 Å². The Bertz CT molecular complexity index is 664. The van der Waals surface area contributed by atoms with Gasteiger partial charge in [0, 0.05) is 23.8 Å². The molecule has 10 heteroatoms. The van der Waals surface area contributed by atoms with Gasteiger partial charge in [-0.1, -0.05) is 0 Å². The predicted molar refractivity (Wildman–Crippen MR) is 87.9 cm³/mol. The second-order valence-corrected chi connectivity index (χ2v) is 7.83. The number of aliphatic carboxylic acids is 1. The number of amides is 1. The molecule has 2 fully saturated rings. The molecule has 3 rings (SSSR count). The van der Waals surface area contributed by atoms with Crippen LogP contribution >= 0.6 is 23.1 Å². The van der Waals surface area contributed by atoms with Crippen LogP contribution in [0.15, 0.2) is 10.5 Å². The molecule has 2 aliphatic rings. The molecule has 0 saturated carbocycles. The van der Waals surface area contributed by atoms with E-state index in [0.29, 0.717) is 13.0 Å². The summed E-state index contributed by atoms with van der Waals surface area (Å²) in [5.74, 6) is -1.12. The van der Waals surface area contributed by atoms with Gasteiger partial charge in [-0.2, -0.15) is 5.10 Å². The summed E-state index contributed by atoms with van der Waals surface area (Å²) in [6, 6.07) is 0. The highest BCUT2D eigenvalue weighted by Crippen LogP contribution is 2.44. The minimum absolute atomic E-state index is 0.00960. The van der Waals surface area contributed by atoms with Crippen LogP contribution in [0.4, 0.5) is 0 Å². The quantitative estimate of drug-likeness (QED) is 0.391. The molecule has 0 spiro atoms. The number of nitrogens with one attached hydrogen (secondary N) is 1. The first-order valence-corrected chi connectivity index (χ1v) is 8.86. The number of carboxylic acid groups (broad SMARTS) is 1. The minimum Gasteiger partial charge on any atom is -0.480 e. The highest BCUT2D eigenvalue weighted by atomic mass is 32.2. The van der Waals surface area contributed by atoms with E-state index in [4.69, 9.17) is 5.73 Å². The van der Waals surface area contributed by atoms with E-state index in [9.17, 15) is 14.7 Å². The van der Waals surface area contributed by atoms with Crippen molar-refractivity contribution in [3.05, 3.63) is 16.1 Å². The van der Waals surface area contributed by atoms with E-state index in [0.717, 1.165) is 10.7 Å². The third kappa shape index (κ3) is 2.93. The van der Waals surface area contributed by atoms with E-state index in [1.54, 1.807) is 4.90 Å². The average molecular weight is 355 g/mol. The molecule has 3 atom stereocenters. The lowest BCUT2D eigenvalue weighted by atomic mass is 9.87. The minimum atomic E-state index is -1.39. The van der Waals surface area contributed by atoms with Crippen molar-refractivity contribution in [1.82, 2.24) is 15.3 Å². The molecule has 23 heavy (non-hydrogen) atoms. The van der Waals surface area contributed by atoms with Crippen molar-refractivity contribution in [2.45, 2.75) is 30.6 Å². The van der Waals surface area contributed by atoms with E-state index in [1.807, 2.05) is 12.3 Å². The van der Waals surface area contributed by atoms with Gasteiger partial charge in [0.15, 0.2) is 0 Å². The number of carbonyl (C=O) groups excluding carboxylic acids is 1.